The molecule has 1 atom stereocenters. The molecule has 1 heterocycles. The minimum atomic E-state index is -0.00179. The first-order valence-corrected chi connectivity index (χ1v) is 6.24. The first-order chi connectivity index (χ1) is 8.12. The molecular weight excluding hydrogens is 214 g/mol. The summed E-state index contributed by atoms with van der Waals surface area (Å²) < 4.78 is 11.4. The zero-order valence-electron chi connectivity index (χ0n) is 10.4. The van der Waals surface area contributed by atoms with E-state index < -0.39 is 0 Å². The Labute approximate surface area is 102 Å². The largest absolute Gasteiger partial charge is 0.497 e. The second kappa shape index (κ2) is 3.64. The lowest BCUT2D eigenvalue weighted by molar-refractivity contribution is -0.0658. The molecule has 1 saturated carbocycles. The van der Waals surface area contributed by atoms with Crippen molar-refractivity contribution < 1.29 is 9.47 Å². The van der Waals surface area contributed by atoms with Gasteiger partial charge in [0.25, 0.3) is 0 Å². The molecule has 3 rings (SSSR count). The molecular formula is C14H19NO2. The van der Waals surface area contributed by atoms with E-state index in [9.17, 15) is 0 Å². The maximum Gasteiger partial charge on any atom is 0.128 e. The first-order valence-electron chi connectivity index (χ1n) is 6.24. The summed E-state index contributed by atoms with van der Waals surface area (Å²) in [5, 5.41) is 0. The Kier molecular flexibility index (Phi) is 2.33. The van der Waals surface area contributed by atoms with Gasteiger partial charge in [-0.2, -0.15) is 0 Å². The molecule has 0 radical (unpaired) electrons. The van der Waals surface area contributed by atoms with Gasteiger partial charge in [0, 0.05) is 24.1 Å². The maximum absolute atomic E-state index is 6.25. The molecule has 0 bridgehead atoms. The van der Waals surface area contributed by atoms with Crippen LogP contribution in [0.25, 0.3) is 0 Å². The van der Waals surface area contributed by atoms with E-state index in [1.54, 1.807) is 7.11 Å². The molecule has 1 aromatic carbocycles. The van der Waals surface area contributed by atoms with Crippen LogP contribution in [0.2, 0.25) is 0 Å². The summed E-state index contributed by atoms with van der Waals surface area (Å²) in [5.74, 6) is 2.50. The van der Waals surface area contributed by atoms with Crippen LogP contribution in [0.3, 0.4) is 0 Å². The van der Waals surface area contributed by atoms with E-state index in [0.29, 0.717) is 0 Å². The third kappa shape index (κ3) is 1.69. The van der Waals surface area contributed by atoms with Crippen LogP contribution >= 0.6 is 0 Å². The van der Waals surface area contributed by atoms with E-state index in [1.807, 2.05) is 18.2 Å². The van der Waals surface area contributed by atoms with Gasteiger partial charge in [0.15, 0.2) is 0 Å². The van der Waals surface area contributed by atoms with Crippen LogP contribution in [0.4, 0.5) is 0 Å². The van der Waals surface area contributed by atoms with E-state index in [2.05, 4.69) is 6.92 Å². The SMILES string of the molecule is COc1ccc2c(c1)OC1(CC(C)C1)C[C@@H]2N. The lowest BCUT2D eigenvalue weighted by Gasteiger charge is -2.50. The highest BCUT2D eigenvalue weighted by Crippen LogP contribution is 2.51. The zero-order chi connectivity index (χ0) is 12.0. The van der Waals surface area contributed by atoms with E-state index in [-0.39, 0.29) is 11.6 Å². The number of ether oxygens (including phenoxy) is 2. The molecule has 2 aliphatic rings. The molecule has 0 amide bonds. The highest BCUT2D eigenvalue weighted by atomic mass is 16.5. The average molecular weight is 233 g/mol. The van der Waals surface area contributed by atoms with Crippen LogP contribution in [0.1, 0.15) is 37.8 Å². The van der Waals surface area contributed by atoms with Crippen molar-refractivity contribution in [1.82, 2.24) is 0 Å². The second-order valence-corrected chi connectivity index (χ2v) is 5.51. The van der Waals surface area contributed by atoms with Gasteiger partial charge in [-0.05, 0) is 24.8 Å². The number of fused-ring (bicyclic) bond motifs is 1. The van der Waals surface area contributed by atoms with Crippen molar-refractivity contribution in [3.05, 3.63) is 23.8 Å². The predicted molar refractivity (Wildman–Crippen MR) is 66.3 cm³/mol. The molecule has 1 aliphatic heterocycles. The molecule has 1 spiro atoms. The molecule has 17 heavy (non-hydrogen) atoms. The summed E-state index contributed by atoms with van der Waals surface area (Å²) in [6.45, 7) is 2.27. The Hall–Kier alpha value is -1.22. The molecule has 0 aromatic heterocycles. The summed E-state index contributed by atoms with van der Waals surface area (Å²) in [6, 6.07) is 6.02. The fourth-order valence-corrected chi connectivity index (χ4v) is 3.28. The van der Waals surface area contributed by atoms with Crippen molar-refractivity contribution in [2.24, 2.45) is 11.7 Å². The van der Waals surface area contributed by atoms with Crippen molar-refractivity contribution in [1.29, 1.82) is 0 Å². The van der Waals surface area contributed by atoms with Gasteiger partial charge in [-0.3, -0.25) is 0 Å². The van der Waals surface area contributed by atoms with Gasteiger partial charge in [-0.15, -0.1) is 0 Å². The van der Waals surface area contributed by atoms with E-state index >= 15 is 0 Å². The van der Waals surface area contributed by atoms with Crippen LogP contribution in [0, 0.1) is 5.92 Å². The molecule has 3 heteroatoms. The Balaban J connectivity index is 1.93. The first kappa shape index (κ1) is 10.9. The van der Waals surface area contributed by atoms with Crippen LogP contribution in [-0.2, 0) is 0 Å². The predicted octanol–water partition coefficient (Wildman–Crippen LogP) is 2.65. The van der Waals surface area contributed by atoms with E-state index in [0.717, 1.165) is 42.2 Å². The van der Waals surface area contributed by atoms with Crippen molar-refractivity contribution in [3.8, 4) is 11.5 Å². The number of methoxy groups -OCH3 is 1. The maximum atomic E-state index is 6.25. The van der Waals surface area contributed by atoms with Gasteiger partial charge < -0.3 is 15.2 Å². The lowest BCUT2D eigenvalue weighted by atomic mass is 9.67. The lowest BCUT2D eigenvalue weighted by Crippen LogP contribution is -2.52. The van der Waals surface area contributed by atoms with Gasteiger partial charge in [0.05, 0.1) is 7.11 Å². The van der Waals surface area contributed by atoms with Crippen molar-refractivity contribution in [2.45, 2.75) is 37.8 Å². The molecule has 1 aromatic rings. The minimum Gasteiger partial charge on any atom is -0.497 e. The number of nitrogens with two attached hydrogens (primary N) is 1. The summed E-state index contributed by atoms with van der Waals surface area (Å²) in [5.41, 5.74) is 7.35. The van der Waals surface area contributed by atoms with Crippen molar-refractivity contribution in [2.75, 3.05) is 7.11 Å². The van der Waals surface area contributed by atoms with Gasteiger partial charge >= 0.3 is 0 Å². The molecule has 2 N–H and O–H groups in total. The smallest absolute Gasteiger partial charge is 0.128 e. The molecule has 1 fully saturated rings. The molecule has 1 aliphatic carbocycles. The van der Waals surface area contributed by atoms with Crippen LogP contribution < -0.4 is 15.2 Å². The zero-order valence-corrected chi connectivity index (χ0v) is 10.4. The summed E-state index contributed by atoms with van der Waals surface area (Å²) >= 11 is 0. The Morgan fingerprint density at radius 1 is 1.35 bits per heavy atom. The number of hydrogen-bond donors (Lipinski definition) is 1. The van der Waals surface area contributed by atoms with Gasteiger partial charge in [0.1, 0.15) is 17.1 Å². The summed E-state index contributed by atoms with van der Waals surface area (Å²) in [7, 11) is 1.67. The van der Waals surface area contributed by atoms with E-state index in [1.165, 1.54) is 0 Å². The Morgan fingerprint density at radius 2 is 2.12 bits per heavy atom. The van der Waals surface area contributed by atoms with Gasteiger partial charge in [-0.25, -0.2) is 0 Å². The number of rotatable bonds is 1. The Bertz CT molecular complexity index is 438. The number of benzene rings is 1. The highest BCUT2D eigenvalue weighted by molar-refractivity contribution is 5.44. The average Bonchev–Trinajstić information content (AvgIpc) is 2.26. The highest BCUT2D eigenvalue weighted by Gasteiger charge is 2.48. The molecule has 3 nitrogen and oxygen atoms in total. The third-order valence-corrected chi connectivity index (χ3v) is 3.98. The summed E-state index contributed by atoms with van der Waals surface area (Å²) in [4.78, 5) is 0. The Morgan fingerprint density at radius 3 is 2.76 bits per heavy atom. The van der Waals surface area contributed by atoms with Crippen LogP contribution in [-0.4, -0.2) is 12.7 Å². The molecule has 0 saturated heterocycles. The van der Waals surface area contributed by atoms with Crippen LogP contribution in [0.15, 0.2) is 18.2 Å². The van der Waals surface area contributed by atoms with Crippen molar-refractivity contribution in [3.63, 3.8) is 0 Å². The topological polar surface area (TPSA) is 44.5 Å². The fourth-order valence-electron chi connectivity index (χ4n) is 3.28. The van der Waals surface area contributed by atoms with Crippen molar-refractivity contribution >= 4 is 0 Å². The standard InChI is InChI=1S/C14H19NO2/c1-9-6-14(7-9)8-12(15)11-4-3-10(16-2)5-13(11)17-14/h3-5,9,12H,6-8,15H2,1-2H3/t9?,12-,14?/m0/s1. The quantitative estimate of drug-likeness (QED) is 0.811. The third-order valence-electron chi connectivity index (χ3n) is 3.98. The fraction of sp³-hybridized carbons (Fsp3) is 0.571. The second-order valence-electron chi connectivity index (χ2n) is 5.51. The normalized spacial score (nSPS) is 34.8. The molecule has 92 valence electrons. The van der Waals surface area contributed by atoms with Gasteiger partial charge in [0.2, 0.25) is 0 Å². The minimum absolute atomic E-state index is 0.00179. The van der Waals surface area contributed by atoms with Crippen LogP contribution in [0.5, 0.6) is 11.5 Å². The molecule has 0 unspecified atom stereocenters. The van der Waals surface area contributed by atoms with E-state index in [4.69, 9.17) is 15.2 Å². The number of hydrogen-bond acceptors (Lipinski definition) is 3. The summed E-state index contributed by atoms with van der Waals surface area (Å²) in [6.07, 6.45) is 3.19. The van der Waals surface area contributed by atoms with Gasteiger partial charge in [-0.1, -0.05) is 13.0 Å². The monoisotopic (exact) mass is 233 g/mol.